The number of benzene rings is 2. The first-order chi connectivity index (χ1) is 16.9. The van der Waals surface area contributed by atoms with Gasteiger partial charge in [0.15, 0.2) is 5.13 Å². The van der Waals surface area contributed by atoms with Gasteiger partial charge in [-0.05, 0) is 42.5 Å². The highest BCUT2D eigenvalue weighted by Crippen LogP contribution is 2.32. The molecule has 3 aromatic rings. The lowest BCUT2D eigenvalue weighted by atomic mass is 10.1. The molecule has 5 nitrogen and oxygen atoms in total. The number of thiocarbonyl (C=S) groups is 1. The van der Waals surface area contributed by atoms with Gasteiger partial charge in [0, 0.05) is 30.5 Å². The first kappa shape index (κ1) is 25.3. The molecule has 0 bridgehead atoms. The summed E-state index contributed by atoms with van der Waals surface area (Å²) >= 11 is 8.22. The Kier molecular flexibility index (Phi) is 8.49. The first-order valence-corrected chi connectivity index (χ1v) is 13.6. The second-order valence-corrected chi connectivity index (χ2v) is 11.2. The van der Waals surface area contributed by atoms with Crippen LogP contribution in [-0.4, -0.2) is 32.6 Å². The highest BCUT2D eigenvalue weighted by Gasteiger charge is 2.31. The number of carbonyl (C=O) groups excluding carboxylic acids is 2. The van der Waals surface area contributed by atoms with E-state index in [-0.39, 0.29) is 11.8 Å². The molecule has 1 saturated heterocycles. The van der Waals surface area contributed by atoms with Crippen molar-refractivity contribution >= 4 is 62.7 Å². The second-order valence-electron chi connectivity index (χ2n) is 8.38. The Balaban J connectivity index is 1.25. The SMILES string of the molecule is CCc1ccc(/C=C2/SC(=S)N(CCCC(=O)Nc3ncc(Cc4cccc(C)c4)s3)C2=O)cc1. The standard InChI is InChI=1S/C27H27N3O2S3/c1-3-19-9-11-20(12-10-19)16-23-25(32)30(27(33)35-23)13-5-8-24(31)29-26-28-17-22(34-26)15-21-7-4-6-18(2)14-21/h4,6-7,9-12,14,16-17H,3,5,8,13,15H2,1-2H3,(H,28,29,31)/b23-16+. The second kappa shape index (κ2) is 11.7. The molecule has 1 aliphatic heterocycles. The summed E-state index contributed by atoms with van der Waals surface area (Å²) in [6.07, 6.45) is 6.28. The van der Waals surface area contributed by atoms with Gasteiger partial charge < -0.3 is 5.32 Å². The molecule has 1 aromatic heterocycles. The van der Waals surface area contributed by atoms with E-state index in [0.29, 0.717) is 33.7 Å². The van der Waals surface area contributed by atoms with E-state index in [1.54, 1.807) is 4.90 Å². The van der Waals surface area contributed by atoms with E-state index in [4.69, 9.17) is 12.2 Å². The molecule has 0 aliphatic carbocycles. The van der Waals surface area contributed by atoms with Crippen molar-refractivity contribution in [1.29, 1.82) is 0 Å². The Labute approximate surface area is 219 Å². The molecule has 0 unspecified atom stereocenters. The Bertz CT molecular complexity index is 1260. The average molecular weight is 522 g/mol. The molecule has 2 heterocycles. The maximum Gasteiger partial charge on any atom is 0.266 e. The average Bonchev–Trinajstić information content (AvgIpc) is 3.38. The molecule has 4 rings (SSSR count). The summed E-state index contributed by atoms with van der Waals surface area (Å²) in [6.45, 7) is 4.60. The van der Waals surface area contributed by atoms with Crippen molar-refractivity contribution in [2.45, 2.75) is 39.5 Å². The summed E-state index contributed by atoms with van der Waals surface area (Å²) in [5.74, 6) is -0.209. The topological polar surface area (TPSA) is 62.3 Å². The summed E-state index contributed by atoms with van der Waals surface area (Å²) in [4.78, 5) is 32.9. The van der Waals surface area contributed by atoms with E-state index in [2.05, 4.69) is 54.5 Å². The number of nitrogens with one attached hydrogen (secondary N) is 1. The van der Waals surface area contributed by atoms with Gasteiger partial charge in [-0.3, -0.25) is 14.5 Å². The quantitative estimate of drug-likeness (QED) is 0.267. The van der Waals surface area contributed by atoms with Gasteiger partial charge in [0.05, 0.1) is 4.91 Å². The lowest BCUT2D eigenvalue weighted by Gasteiger charge is -2.13. The number of hydrogen-bond donors (Lipinski definition) is 1. The predicted molar refractivity (Wildman–Crippen MR) is 150 cm³/mol. The van der Waals surface area contributed by atoms with Gasteiger partial charge in [-0.2, -0.15) is 0 Å². The maximum absolute atomic E-state index is 12.8. The van der Waals surface area contributed by atoms with Gasteiger partial charge in [0.25, 0.3) is 5.91 Å². The number of nitrogens with zero attached hydrogens (tertiary/aromatic N) is 2. The largest absolute Gasteiger partial charge is 0.302 e. The van der Waals surface area contributed by atoms with Crippen molar-refractivity contribution < 1.29 is 9.59 Å². The van der Waals surface area contributed by atoms with Crippen LogP contribution in [0, 0.1) is 6.92 Å². The zero-order valence-electron chi connectivity index (χ0n) is 19.7. The predicted octanol–water partition coefficient (Wildman–Crippen LogP) is 6.22. The Morgan fingerprint density at radius 1 is 1.17 bits per heavy atom. The molecule has 1 aliphatic rings. The third-order valence-electron chi connectivity index (χ3n) is 5.61. The van der Waals surface area contributed by atoms with Crippen LogP contribution in [0.4, 0.5) is 5.13 Å². The Hall–Kier alpha value is -2.81. The minimum Gasteiger partial charge on any atom is -0.302 e. The molecule has 0 atom stereocenters. The molecule has 1 fully saturated rings. The normalized spacial score (nSPS) is 14.7. The lowest BCUT2D eigenvalue weighted by molar-refractivity contribution is -0.122. The molecule has 180 valence electrons. The number of aryl methyl sites for hydroxylation is 2. The van der Waals surface area contributed by atoms with Crippen LogP contribution in [0.3, 0.4) is 0 Å². The number of rotatable bonds is 9. The molecule has 0 saturated carbocycles. The number of amides is 2. The van der Waals surface area contributed by atoms with Crippen molar-refractivity contribution in [2.75, 3.05) is 11.9 Å². The van der Waals surface area contributed by atoms with Crippen LogP contribution in [0.5, 0.6) is 0 Å². The van der Waals surface area contributed by atoms with Crippen LogP contribution in [0.15, 0.2) is 59.6 Å². The van der Waals surface area contributed by atoms with Crippen LogP contribution in [0.1, 0.15) is 46.9 Å². The van der Waals surface area contributed by atoms with Crippen molar-refractivity contribution in [2.24, 2.45) is 0 Å². The molecule has 8 heteroatoms. The highest BCUT2D eigenvalue weighted by atomic mass is 32.2. The molecule has 35 heavy (non-hydrogen) atoms. The molecule has 2 amide bonds. The van der Waals surface area contributed by atoms with Crippen LogP contribution < -0.4 is 5.32 Å². The molecule has 2 aromatic carbocycles. The van der Waals surface area contributed by atoms with Crippen molar-refractivity contribution in [1.82, 2.24) is 9.88 Å². The number of carbonyl (C=O) groups is 2. The first-order valence-electron chi connectivity index (χ1n) is 11.6. The fraction of sp³-hybridized carbons (Fsp3) is 0.259. The van der Waals surface area contributed by atoms with E-state index < -0.39 is 0 Å². The van der Waals surface area contributed by atoms with E-state index in [0.717, 1.165) is 23.3 Å². The van der Waals surface area contributed by atoms with Gasteiger partial charge in [-0.15, -0.1) is 11.3 Å². The van der Waals surface area contributed by atoms with E-state index in [1.807, 2.05) is 30.5 Å². The van der Waals surface area contributed by atoms with Crippen molar-refractivity contribution in [3.8, 4) is 0 Å². The third-order valence-corrected chi connectivity index (χ3v) is 7.90. The molecular weight excluding hydrogens is 495 g/mol. The minimum absolute atomic E-state index is 0.0966. The van der Waals surface area contributed by atoms with Crippen molar-refractivity contribution in [3.05, 3.63) is 86.8 Å². The fourth-order valence-corrected chi connectivity index (χ4v) is 5.91. The van der Waals surface area contributed by atoms with Gasteiger partial charge in [0.1, 0.15) is 4.32 Å². The van der Waals surface area contributed by atoms with Gasteiger partial charge in [-0.25, -0.2) is 4.98 Å². The van der Waals surface area contributed by atoms with Gasteiger partial charge in [0.2, 0.25) is 5.91 Å². The highest BCUT2D eigenvalue weighted by molar-refractivity contribution is 8.26. The summed E-state index contributed by atoms with van der Waals surface area (Å²) in [5, 5.41) is 3.47. The lowest BCUT2D eigenvalue weighted by Crippen LogP contribution is -2.29. The minimum atomic E-state index is -0.113. The van der Waals surface area contributed by atoms with E-state index in [1.165, 1.54) is 39.8 Å². The smallest absolute Gasteiger partial charge is 0.266 e. The monoisotopic (exact) mass is 521 g/mol. The molecular formula is C27H27N3O2S3. The van der Waals surface area contributed by atoms with Crippen LogP contribution in [0.2, 0.25) is 0 Å². The summed E-state index contributed by atoms with van der Waals surface area (Å²) in [7, 11) is 0. The number of hydrogen-bond acceptors (Lipinski definition) is 6. The molecule has 0 radical (unpaired) electrons. The third kappa shape index (κ3) is 6.87. The van der Waals surface area contributed by atoms with Crippen LogP contribution in [-0.2, 0) is 22.4 Å². The molecule has 0 spiro atoms. The number of thioether (sulfide) groups is 1. The molecule has 1 N–H and O–H groups in total. The Morgan fingerprint density at radius 2 is 1.97 bits per heavy atom. The number of aromatic nitrogens is 1. The Morgan fingerprint density at radius 3 is 2.71 bits per heavy atom. The summed E-state index contributed by atoms with van der Waals surface area (Å²) in [6, 6.07) is 16.5. The fourth-order valence-electron chi connectivity index (χ4n) is 3.74. The van der Waals surface area contributed by atoms with E-state index >= 15 is 0 Å². The summed E-state index contributed by atoms with van der Waals surface area (Å²) in [5.41, 5.74) is 4.69. The summed E-state index contributed by atoms with van der Waals surface area (Å²) < 4.78 is 0.535. The van der Waals surface area contributed by atoms with Crippen molar-refractivity contribution in [3.63, 3.8) is 0 Å². The maximum atomic E-state index is 12.8. The number of anilines is 1. The van der Waals surface area contributed by atoms with Gasteiger partial charge in [-0.1, -0.05) is 85.0 Å². The van der Waals surface area contributed by atoms with Crippen LogP contribution >= 0.6 is 35.3 Å². The zero-order chi connectivity index (χ0) is 24.8. The van der Waals surface area contributed by atoms with Gasteiger partial charge >= 0.3 is 0 Å². The van der Waals surface area contributed by atoms with Crippen LogP contribution in [0.25, 0.3) is 6.08 Å². The van der Waals surface area contributed by atoms with E-state index in [9.17, 15) is 9.59 Å². The number of thiazole rings is 1. The zero-order valence-corrected chi connectivity index (χ0v) is 22.2.